The van der Waals surface area contributed by atoms with Crippen LogP contribution in [0, 0.1) is 13.8 Å². The van der Waals surface area contributed by atoms with Crippen LogP contribution in [0.5, 0.6) is 5.75 Å². The standard InChI is InChI=1S/C16H26O/c1-5-7-9-14-11-12(3)13(4)16(17)15(14)10-8-6-2/h11,17H,5-10H2,1-4H3. The van der Waals surface area contributed by atoms with Gasteiger partial charge in [-0.15, -0.1) is 0 Å². The highest BCUT2D eigenvalue weighted by Crippen LogP contribution is 2.31. The number of hydrogen-bond donors (Lipinski definition) is 1. The third-order valence-electron chi connectivity index (χ3n) is 3.59. The molecule has 1 heteroatoms. The van der Waals surface area contributed by atoms with Crippen molar-refractivity contribution in [3.8, 4) is 5.75 Å². The summed E-state index contributed by atoms with van der Waals surface area (Å²) in [7, 11) is 0. The van der Waals surface area contributed by atoms with Crippen molar-refractivity contribution < 1.29 is 5.11 Å². The molecule has 0 aromatic heterocycles. The Labute approximate surface area is 106 Å². The molecule has 1 N–H and O–H groups in total. The van der Waals surface area contributed by atoms with E-state index in [2.05, 4.69) is 26.8 Å². The zero-order valence-corrected chi connectivity index (χ0v) is 11.8. The summed E-state index contributed by atoms with van der Waals surface area (Å²) in [5.74, 6) is 0.546. The second kappa shape index (κ2) is 6.68. The lowest BCUT2D eigenvalue weighted by Crippen LogP contribution is -1.99. The zero-order chi connectivity index (χ0) is 12.8. The highest BCUT2D eigenvalue weighted by Gasteiger charge is 2.12. The van der Waals surface area contributed by atoms with Crippen LogP contribution in [-0.2, 0) is 12.8 Å². The molecule has 0 aliphatic carbocycles. The molecule has 1 aromatic carbocycles. The van der Waals surface area contributed by atoms with E-state index in [1.165, 1.54) is 36.0 Å². The third-order valence-corrected chi connectivity index (χ3v) is 3.59. The number of aryl methyl sites for hydroxylation is 2. The Morgan fingerprint density at radius 1 is 1.00 bits per heavy atom. The van der Waals surface area contributed by atoms with E-state index in [4.69, 9.17) is 0 Å². The average molecular weight is 234 g/mol. The molecule has 17 heavy (non-hydrogen) atoms. The maximum atomic E-state index is 10.3. The van der Waals surface area contributed by atoms with Gasteiger partial charge in [0.1, 0.15) is 5.75 Å². The van der Waals surface area contributed by atoms with Crippen LogP contribution in [0.3, 0.4) is 0 Å². The Kier molecular flexibility index (Phi) is 5.54. The number of benzene rings is 1. The molecule has 0 radical (unpaired) electrons. The van der Waals surface area contributed by atoms with Crippen LogP contribution in [0.4, 0.5) is 0 Å². The van der Waals surface area contributed by atoms with Crippen molar-refractivity contribution in [3.63, 3.8) is 0 Å². The van der Waals surface area contributed by atoms with E-state index in [9.17, 15) is 5.11 Å². The summed E-state index contributed by atoms with van der Waals surface area (Å²) < 4.78 is 0. The highest BCUT2D eigenvalue weighted by molar-refractivity contribution is 5.49. The maximum absolute atomic E-state index is 10.3. The molecule has 96 valence electrons. The number of phenols is 1. The lowest BCUT2D eigenvalue weighted by atomic mass is 9.92. The van der Waals surface area contributed by atoms with Crippen LogP contribution < -0.4 is 0 Å². The summed E-state index contributed by atoms with van der Waals surface area (Å²) in [6.07, 6.45) is 6.88. The second-order valence-electron chi connectivity index (χ2n) is 5.01. The largest absolute Gasteiger partial charge is 0.507 e. The van der Waals surface area contributed by atoms with E-state index in [1.54, 1.807) is 0 Å². The van der Waals surface area contributed by atoms with Crippen molar-refractivity contribution in [2.45, 2.75) is 66.2 Å². The van der Waals surface area contributed by atoms with Crippen LogP contribution in [0.15, 0.2) is 6.07 Å². The third kappa shape index (κ3) is 3.49. The summed E-state index contributed by atoms with van der Waals surface area (Å²) in [5.41, 5.74) is 4.83. The first-order valence-corrected chi connectivity index (χ1v) is 6.92. The predicted octanol–water partition coefficient (Wildman–Crippen LogP) is 4.69. The molecule has 0 spiro atoms. The molecule has 1 aromatic rings. The number of rotatable bonds is 6. The minimum atomic E-state index is 0.546. The summed E-state index contributed by atoms with van der Waals surface area (Å²) in [6.45, 7) is 8.52. The second-order valence-corrected chi connectivity index (χ2v) is 5.01. The fraction of sp³-hybridized carbons (Fsp3) is 0.625. The molecule has 0 aliphatic rings. The van der Waals surface area contributed by atoms with Gasteiger partial charge in [0.05, 0.1) is 0 Å². The van der Waals surface area contributed by atoms with Crippen molar-refractivity contribution in [2.24, 2.45) is 0 Å². The van der Waals surface area contributed by atoms with Gasteiger partial charge in [0, 0.05) is 0 Å². The van der Waals surface area contributed by atoms with Gasteiger partial charge in [-0.05, 0) is 61.8 Å². The molecular weight excluding hydrogens is 208 g/mol. The van der Waals surface area contributed by atoms with E-state index in [1.807, 2.05) is 6.92 Å². The number of hydrogen-bond acceptors (Lipinski definition) is 1. The van der Waals surface area contributed by atoms with Crippen molar-refractivity contribution in [1.82, 2.24) is 0 Å². The van der Waals surface area contributed by atoms with E-state index < -0.39 is 0 Å². The minimum absolute atomic E-state index is 0.546. The average Bonchev–Trinajstić information content (AvgIpc) is 2.32. The van der Waals surface area contributed by atoms with E-state index in [0.717, 1.165) is 24.8 Å². The van der Waals surface area contributed by atoms with Gasteiger partial charge in [0.25, 0.3) is 0 Å². The normalized spacial score (nSPS) is 10.8. The Bertz CT molecular complexity index is 366. The first kappa shape index (κ1) is 14.1. The fourth-order valence-corrected chi connectivity index (χ4v) is 2.24. The van der Waals surface area contributed by atoms with Gasteiger partial charge in [0.15, 0.2) is 0 Å². The minimum Gasteiger partial charge on any atom is -0.507 e. The number of aromatic hydroxyl groups is 1. The molecular formula is C16H26O. The zero-order valence-electron chi connectivity index (χ0n) is 11.8. The molecule has 0 aliphatic heterocycles. The lowest BCUT2D eigenvalue weighted by molar-refractivity contribution is 0.460. The summed E-state index contributed by atoms with van der Waals surface area (Å²) in [5, 5.41) is 10.3. The van der Waals surface area contributed by atoms with Crippen molar-refractivity contribution in [2.75, 3.05) is 0 Å². The molecule has 0 amide bonds. The first-order valence-electron chi connectivity index (χ1n) is 6.92. The van der Waals surface area contributed by atoms with Gasteiger partial charge in [-0.3, -0.25) is 0 Å². The van der Waals surface area contributed by atoms with Crippen LogP contribution in [-0.4, -0.2) is 5.11 Å². The molecule has 1 rings (SSSR count). The van der Waals surface area contributed by atoms with Crippen molar-refractivity contribution in [1.29, 1.82) is 0 Å². The van der Waals surface area contributed by atoms with E-state index in [-0.39, 0.29) is 0 Å². The summed E-state index contributed by atoms with van der Waals surface area (Å²) >= 11 is 0. The molecule has 0 bridgehead atoms. The number of phenolic OH excluding ortho intramolecular Hbond substituents is 1. The molecule has 0 fully saturated rings. The van der Waals surface area contributed by atoms with Gasteiger partial charge in [-0.2, -0.15) is 0 Å². The quantitative estimate of drug-likeness (QED) is 0.756. The molecule has 1 nitrogen and oxygen atoms in total. The van der Waals surface area contributed by atoms with Crippen molar-refractivity contribution in [3.05, 3.63) is 28.3 Å². The highest BCUT2D eigenvalue weighted by atomic mass is 16.3. The Balaban J connectivity index is 3.06. The van der Waals surface area contributed by atoms with Gasteiger partial charge < -0.3 is 5.11 Å². The lowest BCUT2D eigenvalue weighted by Gasteiger charge is -2.15. The summed E-state index contributed by atoms with van der Waals surface area (Å²) in [6, 6.07) is 2.27. The fourth-order valence-electron chi connectivity index (χ4n) is 2.24. The maximum Gasteiger partial charge on any atom is 0.122 e. The van der Waals surface area contributed by atoms with Crippen LogP contribution in [0.2, 0.25) is 0 Å². The van der Waals surface area contributed by atoms with Gasteiger partial charge in [-0.25, -0.2) is 0 Å². The Morgan fingerprint density at radius 2 is 1.59 bits per heavy atom. The summed E-state index contributed by atoms with van der Waals surface area (Å²) in [4.78, 5) is 0. The van der Waals surface area contributed by atoms with Gasteiger partial charge in [-0.1, -0.05) is 32.8 Å². The number of unbranched alkanes of at least 4 members (excludes halogenated alkanes) is 2. The predicted molar refractivity (Wildman–Crippen MR) is 74.8 cm³/mol. The topological polar surface area (TPSA) is 20.2 Å². The van der Waals surface area contributed by atoms with Crippen LogP contribution >= 0.6 is 0 Å². The first-order chi connectivity index (χ1) is 8.11. The molecule has 0 saturated carbocycles. The molecule has 0 heterocycles. The monoisotopic (exact) mass is 234 g/mol. The van der Waals surface area contributed by atoms with Gasteiger partial charge >= 0.3 is 0 Å². The Morgan fingerprint density at radius 3 is 2.18 bits per heavy atom. The van der Waals surface area contributed by atoms with E-state index >= 15 is 0 Å². The van der Waals surface area contributed by atoms with Crippen LogP contribution in [0.1, 0.15) is 61.8 Å². The Hall–Kier alpha value is -0.980. The molecule has 0 saturated heterocycles. The molecule has 0 atom stereocenters. The smallest absolute Gasteiger partial charge is 0.122 e. The van der Waals surface area contributed by atoms with Crippen LogP contribution in [0.25, 0.3) is 0 Å². The van der Waals surface area contributed by atoms with Crippen molar-refractivity contribution >= 4 is 0 Å². The van der Waals surface area contributed by atoms with Gasteiger partial charge in [0.2, 0.25) is 0 Å². The molecule has 0 unspecified atom stereocenters. The SMILES string of the molecule is CCCCc1cc(C)c(C)c(O)c1CCCC. The van der Waals surface area contributed by atoms with E-state index in [0.29, 0.717) is 5.75 Å².